The van der Waals surface area contributed by atoms with Crippen molar-refractivity contribution in [2.45, 2.75) is 66.1 Å². The van der Waals surface area contributed by atoms with Gasteiger partial charge < -0.3 is 24.2 Å². The molecule has 0 heterocycles. The number of nitrogens with zero attached hydrogens (tertiary/aromatic N) is 1. The summed E-state index contributed by atoms with van der Waals surface area (Å²) in [6.07, 6.45) is 0.702. The van der Waals surface area contributed by atoms with Crippen molar-refractivity contribution in [2.75, 3.05) is 26.3 Å². The fourth-order valence-electron chi connectivity index (χ4n) is 2.67. The summed E-state index contributed by atoms with van der Waals surface area (Å²) in [7, 11) is 0. The SMILES string of the molecule is CCOC(Cc1ccc(OCCN(CCC(C)C)C(=O)OC(C)CC)cc1)C(=O)O. The average molecular weight is 424 g/mol. The normalized spacial score (nSPS) is 13.0. The monoisotopic (exact) mass is 423 g/mol. The van der Waals surface area contributed by atoms with Crippen LogP contribution in [0.3, 0.4) is 0 Å². The number of carboxylic acid groups (broad SMARTS) is 1. The van der Waals surface area contributed by atoms with Crippen molar-refractivity contribution in [1.29, 1.82) is 0 Å². The highest BCUT2D eigenvalue weighted by molar-refractivity contribution is 5.72. The van der Waals surface area contributed by atoms with Crippen LogP contribution in [0.1, 0.15) is 53.0 Å². The van der Waals surface area contributed by atoms with Crippen molar-refractivity contribution in [1.82, 2.24) is 4.90 Å². The van der Waals surface area contributed by atoms with E-state index in [2.05, 4.69) is 13.8 Å². The molecule has 0 aromatic heterocycles. The molecular weight excluding hydrogens is 386 g/mol. The smallest absolute Gasteiger partial charge is 0.410 e. The Balaban J connectivity index is 2.58. The summed E-state index contributed by atoms with van der Waals surface area (Å²) in [5.74, 6) is 0.188. The lowest BCUT2D eigenvalue weighted by Crippen LogP contribution is -2.37. The summed E-state index contributed by atoms with van der Waals surface area (Å²) < 4.78 is 16.5. The van der Waals surface area contributed by atoms with E-state index in [0.717, 1.165) is 18.4 Å². The number of ether oxygens (including phenoxy) is 3. The van der Waals surface area contributed by atoms with E-state index >= 15 is 0 Å². The molecule has 1 aromatic carbocycles. The fourth-order valence-corrected chi connectivity index (χ4v) is 2.67. The van der Waals surface area contributed by atoms with E-state index < -0.39 is 12.1 Å². The van der Waals surface area contributed by atoms with Gasteiger partial charge in [-0.15, -0.1) is 0 Å². The maximum atomic E-state index is 12.4. The molecule has 1 amide bonds. The Morgan fingerprint density at radius 1 is 1.07 bits per heavy atom. The second kappa shape index (κ2) is 13.9. The molecule has 170 valence electrons. The zero-order chi connectivity index (χ0) is 22.5. The summed E-state index contributed by atoms with van der Waals surface area (Å²) in [5.41, 5.74) is 0.860. The molecule has 0 aliphatic carbocycles. The van der Waals surface area contributed by atoms with Crippen LogP contribution in [0.4, 0.5) is 4.79 Å². The number of benzene rings is 1. The molecule has 0 fully saturated rings. The van der Waals surface area contributed by atoms with E-state index in [1.807, 2.05) is 26.0 Å². The van der Waals surface area contributed by atoms with Crippen molar-refractivity contribution < 1.29 is 28.9 Å². The predicted molar refractivity (Wildman–Crippen MR) is 116 cm³/mol. The topological polar surface area (TPSA) is 85.3 Å². The van der Waals surface area contributed by atoms with Gasteiger partial charge in [-0.2, -0.15) is 0 Å². The third-order valence-corrected chi connectivity index (χ3v) is 4.73. The highest BCUT2D eigenvalue weighted by Crippen LogP contribution is 2.15. The third kappa shape index (κ3) is 9.96. The molecule has 2 unspecified atom stereocenters. The second-order valence-electron chi connectivity index (χ2n) is 7.75. The van der Waals surface area contributed by atoms with Crippen molar-refractivity contribution in [2.24, 2.45) is 5.92 Å². The number of carbonyl (C=O) groups is 2. The van der Waals surface area contributed by atoms with Crippen LogP contribution in [0, 0.1) is 5.92 Å². The van der Waals surface area contributed by atoms with Crippen LogP contribution in [-0.4, -0.2) is 60.6 Å². The number of rotatable bonds is 14. The Bertz CT molecular complexity index is 631. The lowest BCUT2D eigenvalue weighted by molar-refractivity contribution is -0.149. The van der Waals surface area contributed by atoms with E-state index in [4.69, 9.17) is 14.2 Å². The third-order valence-electron chi connectivity index (χ3n) is 4.73. The number of hydrogen-bond acceptors (Lipinski definition) is 5. The summed E-state index contributed by atoms with van der Waals surface area (Å²) in [5, 5.41) is 9.19. The minimum absolute atomic E-state index is 0.112. The molecule has 1 rings (SSSR count). The van der Waals surface area contributed by atoms with Crippen LogP contribution in [0.15, 0.2) is 24.3 Å². The van der Waals surface area contributed by atoms with E-state index in [9.17, 15) is 14.7 Å². The first-order chi connectivity index (χ1) is 14.3. The molecular formula is C23H37NO6. The van der Waals surface area contributed by atoms with Gasteiger partial charge in [0.05, 0.1) is 6.54 Å². The predicted octanol–water partition coefficient (Wildman–Crippen LogP) is 4.38. The molecule has 0 aliphatic rings. The van der Waals surface area contributed by atoms with Crippen molar-refractivity contribution in [3.8, 4) is 5.75 Å². The van der Waals surface area contributed by atoms with Gasteiger partial charge in [0.2, 0.25) is 0 Å². The summed E-state index contributed by atoms with van der Waals surface area (Å²) in [6, 6.07) is 7.27. The lowest BCUT2D eigenvalue weighted by Gasteiger charge is -2.24. The van der Waals surface area contributed by atoms with Gasteiger partial charge >= 0.3 is 12.1 Å². The van der Waals surface area contributed by atoms with Crippen molar-refractivity contribution >= 4 is 12.1 Å². The van der Waals surface area contributed by atoms with Crippen LogP contribution < -0.4 is 4.74 Å². The quantitative estimate of drug-likeness (QED) is 0.478. The maximum absolute atomic E-state index is 12.4. The first-order valence-corrected chi connectivity index (χ1v) is 10.8. The number of hydrogen-bond donors (Lipinski definition) is 1. The standard InChI is InChI=1S/C23H37NO6/c1-6-18(5)30-23(27)24(13-12-17(3)4)14-15-29-20-10-8-19(9-11-20)16-21(22(25)26)28-7-2/h8-11,17-18,21H,6-7,12-16H2,1-5H3,(H,25,26). The zero-order valence-electron chi connectivity index (χ0n) is 18.9. The highest BCUT2D eigenvalue weighted by atomic mass is 16.6. The van der Waals surface area contributed by atoms with E-state index in [1.54, 1.807) is 24.0 Å². The Morgan fingerprint density at radius 3 is 2.27 bits per heavy atom. The molecule has 0 spiro atoms. The van der Waals surface area contributed by atoms with Gasteiger partial charge in [0.15, 0.2) is 6.10 Å². The molecule has 7 heteroatoms. The van der Waals surface area contributed by atoms with Crippen LogP contribution >= 0.6 is 0 Å². The van der Waals surface area contributed by atoms with Gasteiger partial charge in [-0.25, -0.2) is 9.59 Å². The number of carboxylic acids is 1. The Kier molecular flexibility index (Phi) is 11.9. The van der Waals surface area contributed by atoms with Gasteiger partial charge in [-0.05, 0) is 50.3 Å². The molecule has 30 heavy (non-hydrogen) atoms. The fraction of sp³-hybridized carbons (Fsp3) is 0.652. The Morgan fingerprint density at radius 2 is 1.73 bits per heavy atom. The first-order valence-electron chi connectivity index (χ1n) is 10.8. The highest BCUT2D eigenvalue weighted by Gasteiger charge is 2.19. The summed E-state index contributed by atoms with van der Waals surface area (Å²) >= 11 is 0. The summed E-state index contributed by atoms with van der Waals surface area (Å²) in [6.45, 7) is 11.7. The van der Waals surface area contributed by atoms with Gasteiger partial charge in [0.25, 0.3) is 0 Å². The second-order valence-corrected chi connectivity index (χ2v) is 7.75. The van der Waals surface area contributed by atoms with Crippen LogP contribution in [0.25, 0.3) is 0 Å². The molecule has 0 bridgehead atoms. The number of aliphatic carboxylic acids is 1. The van der Waals surface area contributed by atoms with Crippen LogP contribution in [0.5, 0.6) is 5.75 Å². The molecule has 1 aromatic rings. The number of amides is 1. The molecule has 1 N–H and O–H groups in total. The minimum Gasteiger partial charge on any atom is -0.492 e. The van der Waals surface area contributed by atoms with Crippen molar-refractivity contribution in [3.63, 3.8) is 0 Å². The Labute approximate surface area is 180 Å². The van der Waals surface area contributed by atoms with E-state index in [-0.39, 0.29) is 12.2 Å². The van der Waals surface area contributed by atoms with Crippen LogP contribution in [-0.2, 0) is 20.7 Å². The van der Waals surface area contributed by atoms with E-state index in [0.29, 0.717) is 44.4 Å². The Hall–Kier alpha value is -2.28. The number of carbonyl (C=O) groups excluding carboxylic acids is 1. The van der Waals surface area contributed by atoms with E-state index in [1.165, 1.54) is 0 Å². The lowest BCUT2D eigenvalue weighted by atomic mass is 10.1. The molecule has 2 atom stereocenters. The maximum Gasteiger partial charge on any atom is 0.410 e. The molecule has 0 saturated carbocycles. The van der Waals surface area contributed by atoms with Crippen molar-refractivity contribution in [3.05, 3.63) is 29.8 Å². The van der Waals surface area contributed by atoms with Gasteiger partial charge in [0, 0.05) is 19.6 Å². The average Bonchev–Trinajstić information content (AvgIpc) is 2.70. The molecule has 7 nitrogen and oxygen atoms in total. The molecule has 0 aliphatic heterocycles. The first kappa shape index (κ1) is 25.8. The zero-order valence-corrected chi connectivity index (χ0v) is 18.9. The van der Waals surface area contributed by atoms with Gasteiger partial charge in [-0.1, -0.05) is 32.9 Å². The minimum atomic E-state index is -0.969. The largest absolute Gasteiger partial charge is 0.492 e. The van der Waals surface area contributed by atoms with Gasteiger partial charge in [-0.3, -0.25) is 0 Å². The molecule has 0 saturated heterocycles. The molecule has 0 radical (unpaired) electrons. The summed E-state index contributed by atoms with van der Waals surface area (Å²) in [4.78, 5) is 25.3. The van der Waals surface area contributed by atoms with Crippen LogP contribution in [0.2, 0.25) is 0 Å². The van der Waals surface area contributed by atoms with Gasteiger partial charge in [0.1, 0.15) is 18.5 Å².